The van der Waals surface area contributed by atoms with Gasteiger partial charge in [-0.25, -0.2) is 0 Å². The van der Waals surface area contributed by atoms with E-state index in [0.717, 1.165) is 36.0 Å². The maximum Gasteiger partial charge on any atom is 0.228 e. The van der Waals surface area contributed by atoms with Gasteiger partial charge in [-0.05, 0) is 18.9 Å². The Balaban J connectivity index is 1.46. The van der Waals surface area contributed by atoms with Crippen LogP contribution in [0, 0.1) is 0 Å². The molecule has 1 amide bonds. The van der Waals surface area contributed by atoms with E-state index in [1.165, 1.54) is 0 Å². The molecule has 0 unspecified atom stereocenters. The molecule has 1 aliphatic heterocycles. The molecule has 1 aliphatic rings. The van der Waals surface area contributed by atoms with Gasteiger partial charge in [0.25, 0.3) is 0 Å². The molecule has 1 N–H and O–H groups in total. The number of hydrogen-bond donors (Lipinski definition) is 1. The number of para-hydroxylation sites is 1. The van der Waals surface area contributed by atoms with E-state index < -0.39 is 0 Å². The lowest BCUT2D eigenvalue weighted by molar-refractivity contribution is -0.131. The van der Waals surface area contributed by atoms with Crippen LogP contribution in [-0.2, 0) is 11.2 Å². The molecule has 26 heavy (non-hydrogen) atoms. The van der Waals surface area contributed by atoms with Crippen molar-refractivity contribution < 1.29 is 9.59 Å². The first-order chi connectivity index (χ1) is 12.7. The van der Waals surface area contributed by atoms with Crippen molar-refractivity contribution in [3.8, 4) is 0 Å². The first-order valence-corrected chi connectivity index (χ1v) is 9.02. The highest BCUT2D eigenvalue weighted by Gasteiger charge is 2.30. The molecule has 1 saturated heterocycles. The van der Waals surface area contributed by atoms with Crippen molar-refractivity contribution in [1.82, 2.24) is 15.1 Å². The summed E-state index contributed by atoms with van der Waals surface area (Å²) in [4.78, 5) is 27.2. The van der Waals surface area contributed by atoms with E-state index in [0.29, 0.717) is 12.0 Å². The molecule has 132 valence electrons. The Hall–Kier alpha value is -2.95. The van der Waals surface area contributed by atoms with Crippen LogP contribution in [0.2, 0.25) is 0 Å². The molecule has 2 heterocycles. The molecule has 0 saturated carbocycles. The van der Waals surface area contributed by atoms with Gasteiger partial charge in [0.15, 0.2) is 5.78 Å². The summed E-state index contributed by atoms with van der Waals surface area (Å²) < 4.78 is 0. The van der Waals surface area contributed by atoms with Gasteiger partial charge < -0.3 is 4.90 Å². The number of fused-ring (bicyclic) bond motifs is 1. The summed E-state index contributed by atoms with van der Waals surface area (Å²) in [5.74, 6) is 0.157. The fourth-order valence-electron chi connectivity index (χ4n) is 3.73. The van der Waals surface area contributed by atoms with Crippen LogP contribution in [0.25, 0.3) is 10.9 Å². The van der Waals surface area contributed by atoms with Gasteiger partial charge in [-0.15, -0.1) is 0 Å². The van der Waals surface area contributed by atoms with Gasteiger partial charge in [-0.2, -0.15) is 5.10 Å². The smallest absolute Gasteiger partial charge is 0.228 e. The Kier molecular flexibility index (Phi) is 4.52. The van der Waals surface area contributed by atoms with Crippen LogP contribution in [0.15, 0.2) is 54.6 Å². The average Bonchev–Trinajstić information content (AvgIpc) is 3.30. The average molecular weight is 347 g/mol. The first-order valence-electron chi connectivity index (χ1n) is 9.02. The summed E-state index contributed by atoms with van der Waals surface area (Å²) in [5.41, 5.74) is 2.42. The predicted octanol–water partition coefficient (Wildman–Crippen LogP) is 3.37. The lowest BCUT2D eigenvalue weighted by atomic mass is 10.0. The van der Waals surface area contributed by atoms with Crippen molar-refractivity contribution in [3.63, 3.8) is 0 Å². The minimum Gasteiger partial charge on any atom is -0.339 e. The second kappa shape index (κ2) is 7.12. The number of nitrogens with one attached hydrogen (secondary N) is 1. The molecule has 5 heteroatoms. The van der Waals surface area contributed by atoms with E-state index in [4.69, 9.17) is 0 Å². The fraction of sp³-hybridized carbons (Fsp3) is 0.286. The second-order valence-electron chi connectivity index (χ2n) is 6.77. The number of benzene rings is 2. The van der Waals surface area contributed by atoms with Crippen LogP contribution in [0.5, 0.6) is 0 Å². The molecule has 1 aromatic heterocycles. The molecule has 0 aliphatic carbocycles. The lowest BCUT2D eigenvalue weighted by Crippen LogP contribution is -2.37. The fourth-order valence-corrected chi connectivity index (χ4v) is 3.73. The van der Waals surface area contributed by atoms with E-state index in [1.54, 1.807) is 0 Å². The van der Waals surface area contributed by atoms with Gasteiger partial charge >= 0.3 is 0 Å². The molecule has 1 atom stereocenters. The molecule has 1 fully saturated rings. The summed E-state index contributed by atoms with van der Waals surface area (Å²) in [6, 6.07) is 17.1. The van der Waals surface area contributed by atoms with Crippen molar-refractivity contribution in [2.24, 2.45) is 0 Å². The summed E-state index contributed by atoms with van der Waals surface area (Å²) in [6.45, 7) is 0.720. The van der Waals surface area contributed by atoms with Gasteiger partial charge in [0.2, 0.25) is 5.91 Å². The quantitative estimate of drug-likeness (QED) is 0.720. The number of nitrogens with zero attached hydrogens (tertiary/aromatic N) is 2. The zero-order valence-corrected chi connectivity index (χ0v) is 14.5. The molecular formula is C21H21N3O2. The number of rotatable bonds is 5. The molecule has 5 nitrogen and oxygen atoms in total. The number of ketones is 1. The normalized spacial score (nSPS) is 16.9. The molecule has 0 radical (unpaired) electrons. The number of H-pyrrole nitrogens is 1. The van der Waals surface area contributed by atoms with E-state index in [-0.39, 0.29) is 24.2 Å². The van der Waals surface area contributed by atoms with E-state index >= 15 is 0 Å². The molecular weight excluding hydrogens is 326 g/mol. The van der Waals surface area contributed by atoms with E-state index in [1.807, 2.05) is 59.5 Å². The van der Waals surface area contributed by atoms with E-state index in [9.17, 15) is 9.59 Å². The topological polar surface area (TPSA) is 66.1 Å². The number of amides is 1. The van der Waals surface area contributed by atoms with Crippen LogP contribution in [0.3, 0.4) is 0 Å². The van der Waals surface area contributed by atoms with E-state index in [2.05, 4.69) is 10.2 Å². The Morgan fingerprint density at radius 2 is 1.85 bits per heavy atom. The largest absolute Gasteiger partial charge is 0.339 e. The summed E-state index contributed by atoms with van der Waals surface area (Å²) in [5, 5.41) is 8.22. The highest BCUT2D eigenvalue weighted by molar-refractivity contribution is 5.97. The Morgan fingerprint density at radius 3 is 2.69 bits per heavy atom. The van der Waals surface area contributed by atoms with Crippen molar-refractivity contribution >= 4 is 22.6 Å². The number of hydrogen-bond acceptors (Lipinski definition) is 3. The summed E-state index contributed by atoms with van der Waals surface area (Å²) >= 11 is 0. The van der Waals surface area contributed by atoms with Crippen LogP contribution < -0.4 is 0 Å². The molecule has 0 spiro atoms. The van der Waals surface area contributed by atoms with Gasteiger partial charge in [-0.3, -0.25) is 14.7 Å². The number of carbonyl (C=O) groups is 2. The maximum atomic E-state index is 12.9. The van der Waals surface area contributed by atoms with Crippen molar-refractivity contribution in [2.45, 2.75) is 31.7 Å². The van der Waals surface area contributed by atoms with Crippen molar-refractivity contribution in [2.75, 3.05) is 6.54 Å². The summed E-state index contributed by atoms with van der Waals surface area (Å²) in [7, 11) is 0. The SMILES string of the molecule is O=C(C[C@@H]1CCCN1C(=O)Cc1[nH]nc2ccccc12)c1ccccc1. The van der Waals surface area contributed by atoms with Crippen LogP contribution in [0.1, 0.15) is 35.3 Å². The molecule has 0 bridgehead atoms. The minimum absolute atomic E-state index is 0.00982. The summed E-state index contributed by atoms with van der Waals surface area (Å²) in [6.07, 6.45) is 2.51. The zero-order valence-electron chi connectivity index (χ0n) is 14.5. The van der Waals surface area contributed by atoms with Crippen LogP contribution in [0.4, 0.5) is 0 Å². The third-order valence-electron chi connectivity index (χ3n) is 5.08. The first kappa shape index (κ1) is 16.5. The monoisotopic (exact) mass is 347 g/mol. The van der Waals surface area contributed by atoms with Crippen LogP contribution >= 0.6 is 0 Å². The van der Waals surface area contributed by atoms with Crippen LogP contribution in [-0.4, -0.2) is 39.4 Å². The number of Topliss-reactive ketones (excluding diaryl/α,β-unsaturated/α-hetero) is 1. The zero-order chi connectivity index (χ0) is 17.9. The van der Waals surface area contributed by atoms with Gasteiger partial charge in [-0.1, -0.05) is 48.5 Å². The lowest BCUT2D eigenvalue weighted by Gasteiger charge is -2.24. The molecule has 2 aromatic carbocycles. The second-order valence-corrected chi connectivity index (χ2v) is 6.77. The number of aromatic nitrogens is 2. The Bertz CT molecular complexity index is 933. The van der Waals surface area contributed by atoms with Gasteiger partial charge in [0.1, 0.15) is 0 Å². The Labute approximate surface area is 152 Å². The number of aromatic amines is 1. The highest BCUT2D eigenvalue weighted by Crippen LogP contribution is 2.24. The van der Waals surface area contributed by atoms with Gasteiger partial charge in [0.05, 0.1) is 17.6 Å². The van der Waals surface area contributed by atoms with Crippen molar-refractivity contribution in [3.05, 3.63) is 65.9 Å². The van der Waals surface area contributed by atoms with Gasteiger partial charge in [0, 0.05) is 30.0 Å². The minimum atomic E-state index is -0.00982. The third-order valence-corrected chi connectivity index (χ3v) is 5.08. The third kappa shape index (κ3) is 3.25. The van der Waals surface area contributed by atoms with Crippen molar-refractivity contribution in [1.29, 1.82) is 0 Å². The molecule has 3 aromatic rings. The number of likely N-dealkylation sites (tertiary alicyclic amines) is 1. The highest BCUT2D eigenvalue weighted by atomic mass is 16.2. The number of carbonyl (C=O) groups excluding carboxylic acids is 2. The maximum absolute atomic E-state index is 12.9. The predicted molar refractivity (Wildman–Crippen MR) is 99.9 cm³/mol. The standard InChI is InChI=1S/C21H21N3O2/c25-20(15-7-2-1-3-8-15)13-16-9-6-12-24(16)21(26)14-19-17-10-4-5-11-18(17)22-23-19/h1-5,7-8,10-11,16H,6,9,12-14H2,(H,22,23)/t16-/m0/s1. The molecule has 4 rings (SSSR count). The Morgan fingerprint density at radius 1 is 1.08 bits per heavy atom.